The van der Waals surface area contributed by atoms with E-state index in [1.807, 2.05) is 0 Å². The van der Waals surface area contributed by atoms with Crippen LogP contribution in [0.5, 0.6) is 0 Å². The molecule has 8 heavy (non-hydrogen) atoms. The maximum Gasteiger partial charge on any atom is 0.381 e. The highest BCUT2D eigenvalue weighted by atomic mass is 35.5. The van der Waals surface area contributed by atoms with Gasteiger partial charge in [-0.2, -0.15) is 4.80 Å². The van der Waals surface area contributed by atoms with Crippen LogP contribution in [-0.4, -0.2) is 20.2 Å². The monoisotopic (exact) mass is 134 g/mol. The normalized spacial score (nSPS) is 9.62. The summed E-state index contributed by atoms with van der Waals surface area (Å²) >= 11 is 5.23. The van der Waals surface area contributed by atoms with E-state index in [1.54, 1.807) is 0 Å². The van der Waals surface area contributed by atoms with Gasteiger partial charge in [0.15, 0.2) is 0 Å². The lowest BCUT2D eigenvalue weighted by Gasteiger charge is -1.82. The molecule has 0 saturated heterocycles. The van der Waals surface area contributed by atoms with Crippen LogP contribution in [0.1, 0.15) is 0 Å². The molecule has 1 N–H and O–H groups in total. The number of tetrazole rings is 1. The van der Waals surface area contributed by atoms with E-state index < -0.39 is 5.69 Å². The Hall–Kier alpha value is -0.840. The summed E-state index contributed by atoms with van der Waals surface area (Å²) < 4.78 is 0. The van der Waals surface area contributed by atoms with Crippen molar-refractivity contribution in [2.24, 2.45) is 0 Å². The van der Waals surface area contributed by atoms with E-state index >= 15 is 0 Å². The molecule has 0 radical (unpaired) electrons. The molecule has 6 heteroatoms. The van der Waals surface area contributed by atoms with Crippen molar-refractivity contribution < 1.29 is 0 Å². The zero-order valence-corrected chi connectivity index (χ0v) is 4.59. The fourth-order valence-corrected chi connectivity index (χ4v) is 0.411. The summed E-state index contributed by atoms with van der Waals surface area (Å²) in [5, 5.41) is 8.64. The Kier molecular flexibility index (Phi) is 1.29. The fraction of sp³-hybridized carbons (Fsp3) is 0.500. The minimum Gasteiger partial charge on any atom is -0.242 e. The highest BCUT2D eigenvalue weighted by Gasteiger charge is 1.87. The third-order valence-corrected chi connectivity index (χ3v) is 0.808. The van der Waals surface area contributed by atoms with E-state index in [4.69, 9.17) is 11.6 Å². The maximum absolute atomic E-state index is 10.1. The number of hydrogen-bond acceptors (Lipinski definition) is 3. The van der Waals surface area contributed by atoms with E-state index in [9.17, 15) is 4.79 Å². The molecule has 1 rings (SSSR count). The molecule has 44 valence electrons. The van der Waals surface area contributed by atoms with Gasteiger partial charge in [-0.15, -0.1) is 0 Å². The van der Waals surface area contributed by atoms with Crippen LogP contribution in [0, 0.1) is 0 Å². The Morgan fingerprint density at radius 3 is 2.88 bits per heavy atom. The van der Waals surface area contributed by atoms with Crippen molar-refractivity contribution in [3.05, 3.63) is 10.5 Å². The minimum atomic E-state index is -0.481. The molecule has 0 unspecified atom stereocenters. The van der Waals surface area contributed by atoms with Gasteiger partial charge in [0.25, 0.3) is 0 Å². The average molecular weight is 135 g/mol. The highest BCUT2D eigenvalue weighted by Crippen LogP contribution is 1.74. The first-order chi connectivity index (χ1) is 3.83. The molecular formula is C2H3ClN4O. The molecule has 1 aromatic rings. The molecule has 5 nitrogen and oxygen atoms in total. The predicted octanol–water partition coefficient (Wildman–Crippen LogP) is -0.837. The second kappa shape index (κ2) is 1.95. The number of H-pyrrole nitrogens is 1. The van der Waals surface area contributed by atoms with Crippen molar-refractivity contribution in [2.45, 2.75) is 6.00 Å². The van der Waals surface area contributed by atoms with Crippen molar-refractivity contribution in [2.75, 3.05) is 0 Å². The van der Waals surface area contributed by atoms with E-state index in [1.165, 1.54) is 0 Å². The standard InChI is InChI=1S/C2H3ClN4O/c3-1-7-5-2(8)4-6-7/h1H2,(H,5,8). The van der Waals surface area contributed by atoms with Gasteiger partial charge in [-0.25, -0.2) is 9.89 Å². The topological polar surface area (TPSA) is 63.6 Å². The van der Waals surface area contributed by atoms with Gasteiger partial charge in [0.05, 0.1) is 0 Å². The molecule has 1 aromatic heterocycles. The van der Waals surface area contributed by atoms with E-state index in [-0.39, 0.29) is 6.00 Å². The quantitative estimate of drug-likeness (QED) is 0.510. The number of nitrogens with one attached hydrogen (secondary N) is 1. The molecule has 0 spiro atoms. The summed E-state index contributed by atoms with van der Waals surface area (Å²) in [5.74, 6) is 0. The van der Waals surface area contributed by atoms with Crippen LogP contribution in [0.4, 0.5) is 0 Å². The van der Waals surface area contributed by atoms with Crippen molar-refractivity contribution in [1.82, 2.24) is 20.2 Å². The number of nitrogens with zero attached hydrogens (tertiary/aromatic N) is 3. The number of alkyl halides is 1. The van der Waals surface area contributed by atoms with Crippen LogP contribution in [-0.2, 0) is 6.00 Å². The highest BCUT2D eigenvalue weighted by molar-refractivity contribution is 6.15. The van der Waals surface area contributed by atoms with Crippen LogP contribution in [0.3, 0.4) is 0 Å². The summed E-state index contributed by atoms with van der Waals surface area (Å²) in [5.41, 5.74) is -0.481. The van der Waals surface area contributed by atoms with Crippen molar-refractivity contribution in [3.8, 4) is 0 Å². The molecule has 0 saturated carbocycles. The van der Waals surface area contributed by atoms with Crippen molar-refractivity contribution >= 4 is 11.6 Å². The van der Waals surface area contributed by atoms with Gasteiger partial charge >= 0.3 is 5.69 Å². The van der Waals surface area contributed by atoms with Crippen molar-refractivity contribution in [3.63, 3.8) is 0 Å². The molecule has 0 aromatic carbocycles. The Labute approximate surface area is 49.2 Å². The molecule has 0 aliphatic carbocycles. The lowest BCUT2D eigenvalue weighted by atomic mass is 11.3. The largest absolute Gasteiger partial charge is 0.381 e. The third-order valence-electron chi connectivity index (χ3n) is 0.581. The Balaban J connectivity index is 3.01. The summed E-state index contributed by atoms with van der Waals surface area (Å²) in [6, 6.07) is 0.120. The molecule has 0 atom stereocenters. The number of aromatic amines is 1. The predicted molar refractivity (Wildman–Crippen MR) is 26.5 cm³/mol. The number of aromatic nitrogens is 4. The third kappa shape index (κ3) is 0.865. The average Bonchev–Trinajstić information content (AvgIpc) is 2.14. The van der Waals surface area contributed by atoms with Gasteiger partial charge < -0.3 is 0 Å². The Bertz CT molecular complexity index is 214. The zero-order valence-electron chi connectivity index (χ0n) is 3.83. The van der Waals surface area contributed by atoms with Crippen LogP contribution in [0.25, 0.3) is 0 Å². The fourth-order valence-electron chi connectivity index (χ4n) is 0.304. The van der Waals surface area contributed by atoms with Gasteiger partial charge in [0.1, 0.15) is 6.00 Å². The smallest absolute Gasteiger partial charge is 0.242 e. The van der Waals surface area contributed by atoms with Gasteiger partial charge in [0, 0.05) is 0 Å². The molecule has 1 heterocycles. The number of hydrogen-bond donors (Lipinski definition) is 1. The Morgan fingerprint density at radius 1 is 1.88 bits per heavy atom. The molecule has 0 fully saturated rings. The van der Waals surface area contributed by atoms with E-state index in [0.29, 0.717) is 0 Å². The number of halogens is 1. The first-order valence-electron chi connectivity index (χ1n) is 1.88. The van der Waals surface area contributed by atoms with E-state index in [0.717, 1.165) is 4.80 Å². The van der Waals surface area contributed by atoms with Gasteiger partial charge in [-0.05, 0) is 5.21 Å². The SMILES string of the molecule is O=c1nnn(CCl)[nH]1. The summed E-state index contributed by atoms with van der Waals surface area (Å²) in [7, 11) is 0. The summed E-state index contributed by atoms with van der Waals surface area (Å²) in [6.45, 7) is 0. The lowest BCUT2D eigenvalue weighted by Crippen LogP contribution is -2.04. The minimum absolute atomic E-state index is 0.120. The van der Waals surface area contributed by atoms with Crippen LogP contribution in [0.2, 0.25) is 0 Å². The molecule has 0 amide bonds. The van der Waals surface area contributed by atoms with Gasteiger partial charge in [-0.3, -0.25) is 0 Å². The first kappa shape index (κ1) is 5.30. The summed E-state index contributed by atoms with van der Waals surface area (Å²) in [4.78, 5) is 11.3. The van der Waals surface area contributed by atoms with Gasteiger partial charge in [-0.1, -0.05) is 16.7 Å². The lowest BCUT2D eigenvalue weighted by molar-refractivity contribution is 0.611. The second-order valence-electron chi connectivity index (χ2n) is 1.13. The van der Waals surface area contributed by atoms with Crippen LogP contribution in [0.15, 0.2) is 4.79 Å². The maximum atomic E-state index is 10.1. The van der Waals surface area contributed by atoms with Crippen LogP contribution < -0.4 is 5.69 Å². The number of rotatable bonds is 1. The van der Waals surface area contributed by atoms with Gasteiger partial charge in [0.2, 0.25) is 0 Å². The molecule has 0 aliphatic heterocycles. The van der Waals surface area contributed by atoms with Crippen molar-refractivity contribution in [1.29, 1.82) is 0 Å². The molecule has 0 bridgehead atoms. The van der Waals surface area contributed by atoms with Crippen LogP contribution >= 0.6 is 11.6 Å². The summed E-state index contributed by atoms with van der Waals surface area (Å²) in [6.07, 6.45) is 0. The van der Waals surface area contributed by atoms with E-state index in [2.05, 4.69) is 15.4 Å². The molecular weight excluding hydrogens is 132 g/mol. The first-order valence-corrected chi connectivity index (χ1v) is 2.42. The zero-order chi connectivity index (χ0) is 5.98. The molecule has 0 aliphatic rings. The Morgan fingerprint density at radius 2 is 2.62 bits per heavy atom. The second-order valence-corrected chi connectivity index (χ2v) is 1.36.